The fourth-order valence-electron chi connectivity index (χ4n) is 1.61. The molecule has 1 atom stereocenters. The number of fused-ring (bicyclic) bond motifs is 1. The Bertz CT molecular complexity index is 562. The van der Waals surface area contributed by atoms with Crippen molar-refractivity contribution in [2.24, 2.45) is 0 Å². The van der Waals surface area contributed by atoms with Gasteiger partial charge in [0.2, 0.25) is 0 Å². The van der Waals surface area contributed by atoms with Crippen LogP contribution in [0.1, 0.15) is 25.8 Å². The molecule has 0 saturated heterocycles. The summed E-state index contributed by atoms with van der Waals surface area (Å²) < 4.78 is 0. The molecule has 3 heteroatoms. The van der Waals surface area contributed by atoms with Gasteiger partial charge in [-0.25, -0.2) is 4.98 Å². The Kier molecular flexibility index (Phi) is 3.65. The Morgan fingerprint density at radius 1 is 1.53 bits per heavy atom. The monoisotopic (exact) mass is 241 g/mol. The van der Waals surface area contributed by atoms with E-state index < -0.39 is 8.80 Å². The van der Waals surface area contributed by atoms with E-state index >= 15 is 0 Å². The summed E-state index contributed by atoms with van der Waals surface area (Å²) in [6, 6.07) is 4.12. The van der Waals surface area contributed by atoms with Crippen LogP contribution in [0.15, 0.2) is 24.5 Å². The van der Waals surface area contributed by atoms with Gasteiger partial charge in [0.25, 0.3) is 0 Å². The lowest BCUT2D eigenvalue weighted by Gasteiger charge is -2.08. The predicted molar refractivity (Wildman–Crippen MR) is 74.3 cm³/mol. The molecular weight excluding hydrogens is 224 g/mol. The van der Waals surface area contributed by atoms with Gasteiger partial charge in [-0.1, -0.05) is 32.7 Å². The van der Waals surface area contributed by atoms with Crippen molar-refractivity contribution in [3.63, 3.8) is 0 Å². The lowest BCUT2D eigenvalue weighted by Crippen LogP contribution is -2.10. The van der Waals surface area contributed by atoms with E-state index in [2.05, 4.69) is 47.9 Å². The van der Waals surface area contributed by atoms with Crippen LogP contribution in [0.25, 0.3) is 11.0 Å². The predicted octanol–water partition coefficient (Wildman–Crippen LogP) is 3.38. The molecule has 0 aliphatic heterocycles. The van der Waals surface area contributed by atoms with E-state index in [0.29, 0.717) is 0 Å². The second kappa shape index (κ2) is 5.20. The Balaban J connectivity index is 2.20. The van der Waals surface area contributed by atoms with Gasteiger partial charge in [-0.15, -0.1) is 5.54 Å². The van der Waals surface area contributed by atoms with Crippen molar-refractivity contribution < 1.29 is 0 Å². The van der Waals surface area contributed by atoms with Crippen molar-refractivity contribution in [1.82, 2.24) is 9.97 Å². The molecule has 0 aliphatic rings. The number of rotatable bonds is 2. The summed E-state index contributed by atoms with van der Waals surface area (Å²) in [6.45, 7) is 6.80. The summed E-state index contributed by atoms with van der Waals surface area (Å²) in [7, 11) is -0.552. The molecule has 2 aromatic heterocycles. The number of hydrogen-bond acceptors (Lipinski definition) is 1. The molecule has 2 heterocycles. The second-order valence-electron chi connectivity index (χ2n) is 4.38. The number of aromatic amines is 1. The SMILES string of the molecule is CCC(C)[Si](C)C#Cc1cnc2[nH]ccc2c1. The number of nitrogens with one attached hydrogen (secondary N) is 1. The smallest absolute Gasteiger partial charge is 0.144 e. The van der Waals surface area contributed by atoms with Crippen LogP contribution in [-0.4, -0.2) is 18.8 Å². The Morgan fingerprint density at radius 2 is 2.35 bits per heavy atom. The highest BCUT2D eigenvalue weighted by Crippen LogP contribution is 2.13. The molecule has 1 radical (unpaired) electrons. The van der Waals surface area contributed by atoms with E-state index in [-0.39, 0.29) is 0 Å². The summed E-state index contributed by atoms with van der Waals surface area (Å²) in [4.78, 5) is 7.42. The first kappa shape index (κ1) is 11.9. The van der Waals surface area contributed by atoms with Crippen LogP contribution < -0.4 is 0 Å². The Hall–Kier alpha value is -1.53. The second-order valence-corrected chi connectivity index (χ2v) is 6.98. The van der Waals surface area contributed by atoms with Gasteiger partial charge in [-0.3, -0.25) is 0 Å². The fourth-order valence-corrected chi connectivity index (χ4v) is 2.81. The molecule has 2 rings (SSSR count). The van der Waals surface area contributed by atoms with E-state index in [1.807, 2.05) is 18.5 Å². The van der Waals surface area contributed by atoms with Crippen LogP contribution >= 0.6 is 0 Å². The lowest BCUT2D eigenvalue weighted by atomic mass is 10.2. The van der Waals surface area contributed by atoms with Gasteiger partial charge in [-0.05, 0) is 17.7 Å². The molecule has 0 fully saturated rings. The minimum Gasteiger partial charge on any atom is -0.346 e. The van der Waals surface area contributed by atoms with E-state index in [0.717, 1.165) is 22.1 Å². The zero-order valence-corrected chi connectivity index (χ0v) is 11.5. The van der Waals surface area contributed by atoms with Crippen LogP contribution in [0.5, 0.6) is 0 Å². The van der Waals surface area contributed by atoms with Crippen LogP contribution in [0.3, 0.4) is 0 Å². The van der Waals surface area contributed by atoms with Crippen molar-refractivity contribution in [2.45, 2.75) is 32.4 Å². The van der Waals surface area contributed by atoms with E-state index in [1.54, 1.807) is 0 Å². The molecule has 0 aromatic carbocycles. The zero-order valence-electron chi connectivity index (χ0n) is 10.5. The van der Waals surface area contributed by atoms with E-state index in [4.69, 9.17) is 0 Å². The fraction of sp³-hybridized carbons (Fsp3) is 0.357. The van der Waals surface area contributed by atoms with Crippen molar-refractivity contribution in [3.8, 4) is 11.5 Å². The quantitative estimate of drug-likeness (QED) is 0.634. The molecule has 0 bridgehead atoms. The maximum atomic E-state index is 4.34. The first-order valence-corrected chi connectivity index (χ1v) is 8.07. The van der Waals surface area contributed by atoms with Crippen molar-refractivity contribution in [2.75, 3.05) is 0 Å². The highest BCUT2D eigenvalue weighted by atomic mass is 28.3. The molecule has 2 aromatic rings. The third-order valence-electron chi connectivity index (χ3n) is 3.16. The van der Waals surface area contributed by atoms with Gasteiger partial charge in [0.05, 0.1) is 0 Å². The largest absolute Gasteiger partial charge is 0.346 e. The topological polar surface area (TPSA) is 28.7 Å². The number of H-pyrrole nitrogens is 1. The van der Waals surface area contributed by atoms with Gasteiger partial charge >= 0.3 is 0 Å². The van der Waals surface area contributed by atoms with E-state index in [9.17, 15) is 0 Å². The molecule has 1 N–H and O–H groups in total. The third kappa shape index (κ3) is 2.77. The van der Waals surface area contributed by atoms with Gasteiger partial charge in [-0.2, -0.15) is 0 Å². The number of nitrogens with zero attached hydrogens (tertiary/aromatic N) is 1. The van der Waals surface area contributed by atoms with Crippen LogP contribution in [0.2, 0.25) is 12.1 Å². The molecule has 87 valence electrons. The zero-order chi connectivity index (χ0) is 12.3. The van der Waals surface area contributed by atoms with Gasteiger partial charge in [0.1, 0.15) is 14.4 Å². The average molecular weight is 241 g/mol. The highest BCUT2D eigenvalue weighted by Gasteiger charge is 2.09. The minimum atomic E-state index is -0.552. The maximum Gasteiger partial charge on any atom is 0.144 e. The van der Waals surface area contributed by atoms with Crippen molar-refractivity contribution >= 4 is 19.8 Å². The Morgan fingerprint density at radius 3 is 3.12 bits per heavy atom. The van der Waals surface area contributed by atoms with Crippen molar-refractivity contribution in [3.05, 3.63) is 30.1 Å². The van der Waals surface area contributed by atoms with E-state index in [1.165, 1.54) is 6.42 Å². The number of pyridine rings is 1. The first-order valence-electron chi connectivity index (χ1n) is 5.99. The molecule has 1 unspecified atom stereocenters. The summed E-state index contributed by atoms with van der Waals surface area (Å²) in [5, 5.41) is 1.13. The molecule has 0 amide bonds. The molecule has 17 heavy (non-hydrogen) atoms. The summed E-state index contributed by atoms with van der Waals surface area (Å²) in [5.41, 5.74) is 6.10. The summed E-state index contributed by atoms with van der Waals surface area (Å²) in [5.74, 6) is 3.26. The van der Waals surface area contributed by atoms with Crippen LogP contribution in [0.4, 0.5) is 0 Å². The van der Waals surface area contributed by atoms with Gasteiger partial charge < -0.3 is 4.98 Å². The minimum absolute atomic E-state index is 0.552. The lowest BCUT2D eigenvalue weighted by molar-refractivity contribution is 0.864. The summed E-state index contributed by atoms with van der Waals surface area (Å²) >= 11 is 0. The third-order valence-corrected chi connectivity index (χ3v) is 5.56. The van der Waals surface area contributed by atoms with Crippen molar-refractivity contribution in [1.29, 1.82) is 0 Å². The average Bonchev–Trinajstić information content (AvgIpc) is 2.82. The Labute approximate surface area is 104 Å². The van der Waals surface area contributed by atoms with Gasteiger partial charge in [0, 0.05) is 23.3 Å². The molecule has 2 nitrogen and oxygen atoms in total. The normalized spacial score (nSPS) is 12.5. The number of aromatic nitrogens is 2. The van der Waals surface area contributed by atoms with Crippen LogP contribution in [0, 0.1) is 11.5 Å². The molecular formula is C14H17N2Si. The maximum absolute atomic E-state index is 4.34. The highest BCUT2D eigenvalue weighted by molar-refractivity contribution is 6.67. The van der Waals surface area contributed by atoms with Gasteiger partial charge in [0.15, 0.2) is 0 Å². The standard InChI is InChI=1S/C14H17N2Si/c1-4-11(2)17(3)8-6-12-9-13-5-7-15-14(13)16-10-12/h5,7,9-11H,4H2,1-3H3,(H,15,16). The number of hydrogen-bond donors (Lipinski definition) is 1. The molecule has 0 aliphatic carbocycles. The van der Waals surface area contributed by atoms with Crippen LogP contribution in [-0.2, 0) is 0 Å². The summed E-state index contributed by atoms with van der Waals surface area (Å²) in [6.07, 6.45) is 4.97. The molecule has 0 saturated carbocycles. The first-order chi connectivity index (χ1) is 8.20. The molecule has 0 spiro atoms.